The Morgan fingerprint density at radius 1 is 1.39 bits per heavy atom. The van der Waals surface area contributed by atoms with E-state index in [-0.39, 0.29) is 17.7 Å². The number of rotatable bonds is 6. The summed E-state index contributed by atoms with van der Waals surface area (Å²) in [6.07, 6.45) is 0. The topological polar surface area (TPSA) is 75.6 Å². The van der Waals surface area contributed by atoms with Gasteiger partial charge < -0.3 is 15.2 Å². The van der Waals surface area contributed by atoms with Gasteiger partial charge in [-0.1, -0.05) is 12.1 Å². The zero-order chi connectivity index (χ0) is 17.0. The molecule has 122 valence electrons. The molecule has 0 radical (unpaired) electrons. The van der Waals surface area contributed by atoms with E-state index in [4.69, 9.17) is 9.84 Å². The van der Waals surface area contributed by atoms with Crippen LogP contribution in [0.25, 0.3) is 10.4 Å². The number of ether oxygens (including phenoxy) is 1. The van der Waals surface area contributed by atoms with E-state index < -0.39 is 17.7 Å². The maximum atomic E-state index is 14.2. The van der Waals surface area contributed by atoms with E-state index >= 15 is 0 Å². The fourth-order valence-electron chi connectivity index (χ4n) is 2.14. The first kappa shape index (κ1) is 17.1. The van der Waals surface area contributed by atoms with Crippen molar-refractivity contribution in [2.75, 3.05) is 20.3 Å². The van der Waals surface area contributed by atoms with Gasteiger partial charge in [-0.05, 0) is 19.1 Å². The lowest BCUT2D eigenvalue weighted by Gasteiger charge is -2.10. The van der Waals surface area contributed by atoms with Gasteiger partial charge >= 0.3 is 5.97 Å². The molecule has 0 fully saturated rings. The number of aromatic carboxylic acids is 1. The van der Waals surface area contributed by atoms with Crippen LogP contribution in [-0.4, -0.2) is 37.2 Å². The first-order chi connectivity index (χ1) is 11.0. The maximum absolute atomic E-state index is 14.2. The predicted molar refractivity (Wildman–Crippen MR) is 85.6 cm³/mol. The molecule has 0 aliphatic heterocycles. The van der Waals surface area contributed by atoms with Crippen LogP contribution >= 0.6 is 11.3 Å². The molecular formula is C16H16FNO4S. The van der Waals surface area contributed by atoms with Crippen LogP contribution in [0.5, 0.6) is 0 Å². The molecule has 5 nitrogen and oxygen atoms in total. The molecule has 0 saturated heterocycles. The molecular weight excluding hydrogens is 321 g/mol. The van der Waals surface area contributed by atoms with Gasteiger partial charge in [0.1, 0.15) is 5.82 Å². The van der Waals surface area contributed by atoms with Crippen LogP contribution in [0.4, 0.5) is 4.39 Å². The molecule has 1 amide bonds. The number of halogens is 1. The zero-order valence-corrected chi connectivity index (χ0v) is 13.5. The maximum Gasteiger partial charge on any atom is 0.336 e. The summed E-state index contributed by atoms with van der Waals surface area (Å²) in [4.78, 5) is 24.5. The number of nitrogens with one attached hydrogen (secondary N) is 1. The van der Waals surface area contributed by atoms with Crippen molar-refractivity contribution in [3.8, 4) is 10.4 Å². The molecule has 7 heteroatoms. The lowest BCUT2D eigenvalue weighted by molar-refractivity contribution is 0.0696. The van der Waals surface area contributed by atoms with Crippen LogP contribution < -0.4 is 5.32 Å². The molecule has 1 aromatic carbocycles. The summed E-state index contributed by atoms with van der Waals surface area (Å²) in [5.74, 6) is -2.26. The van der Waals surface area contributed by atoms with Gasteiger partial charge in [-0.15, -0.1) is 11.3 Å². The molecule has 2 rings (SSSR count). The number of methoxy groups -OCH3 is 1. The van der Waals surface area contributed by atoms with Gasteiger partial charge in [0.15, 0.2) is 0 Å². The highest BCUT2D eigenvalue weighted by molar-refractivity contribution is 7.15. The summed E-state index contributed by atoms with van der Waals surface area (Å²) < 4.78 is 19.0. The van der Waals surface area contributed by atoms with Gasteiger partial charge in [-0.3, -0.25) is 4.79 Å². The summed E-state index contributed by atoms with van der Waals surface area (Å²) >= 11 is 1.21. The average Bonchev–Trinajstić information content (AvgIpc) is 2.89. The lowest BCUT2D eigenvalue weighted by atomic mass is 10.0. The molecule has 0 atom stereocenters. The van der Waals surface area contributed by atoms with Crippen LogP contribution in [-0.2, 0) is 4.74 Å². The Morgan fingerprint density at radius 3 is 2.74 bits per heavy atom. The Labute approximate surface area is 136 Å². The zero-order valence-electron chi connectivity index (χ0n) is 12.7. The molecule has 0 aliphatic carbocycles. The van der Waals surface area contributed by atoms with Crippen molar-refractivity contribution in [3.63, 3.8) is 0 Å². The van der Waals surface area contributed by atoms with Gasteiger partial charge in [0, 0.05) is 29.0 Å². The highest BCUT2D eigenvalue weighted by Gasteiger charge is 2.21. The molecule has 23 heavy (non-hydrogen) atoms. The van der Waals surface area contributed by atoms with E-state index in [1.54, 1.807) is 13.0 Å². The van der Waals surface area contributed by atoms with Crippen molar-refractivity contribution in [1.29, 1.82) is 0 Å². The fraction of sp³-hybridized carbons (Fsp3) is 0.250. The van der Waals surface area contributed by atoms with Gasteiger partial charge in [0.05, 0.1) is 17.7 Å². The van der Waals surface area contributed by atoms with Crippen LogP contribution in [0.3, 0.4) is 0 Å². The Kier molecular flexibility index (Phi) is 5.46. The minimum absolute atomic E-state index is 0.0956. The van der Waals surface area contributed by atoms with E-state index in [1.165, 1.54) is 36.6 Å². The Hall–Kier alpha value is -2.25. The Morgan fingerprint density at radius 2 is 2.13 bits per heavy atom. The number of aryl methyl sites for hydroxylation is 1. The molecule has 2 aromatic rings. The van der Waals surface area contributed by atoms with E-state index in [0.717, 1.165) is 0 Å². The average molecular weight is 337 g/mol. The molecule has 1 heterocycles. The lowest BCUT2D eigenvalue weighted by Crippen LogP contribution is -2.28. The number of carbonyl (C=O) groups is 2. The van der Waals surface area contributed by atoms with Crippen LogP contribution in [0, 0.1) is 12.7 Å². The second-order valence-electron chi connectivity index (χ2n) is 4.80. The highest BCUT2D eigenvalue weighted by atomic mass is 32.1. The largest absolute Gasteiger partial charge is 0.478 e. The number of amides is 1. The van der Waals surface area contributed by atoms with Crippen molar-refractivity contribution in [1.82, 2.24) is 5.32 Å². The normalized spacial score (nSPS) is 10.6. The van der Waals surface area contributed by atoms with Crippen molar-refractivity contribution >= 4 is 23.2 Å². The second kappa shape index (κ2) is 7.34. The quantitative estimate of drug-likeness (QED) is 0.795. The third-order valence-corrected chi connectivity index (χ3v) is 4.33. The third-order valence-electron chi connectivity index (χ3n) is 3.25. The van der Waals surface area contributed by atoms with E-state index in [9.17, 15) is 14.0 Å². The first-order valence-electron chi connectivity index (χ1n) is 6.85. The van der Waals surface area contributed by atoms with Crippen molar-refractivity contribution < 1.29 is 23.8 Å². The third kappa shape index (κ3) is 3.75. The van der Waals surface area contributed by atoms with Gasteiger partial charge in [-0.2, -0.15) is 0 Å². The molecule has 0 spiro atoms. The molecule has 0 saturated carbocycles. The number of hydrogen-bond donors (Lipinski definition) is 2. The smallest absolute Gasteiger partial charge is 0.336 e. The highest BCUT2D eigenvalue weighted by Crippen LogP contribution is 2.34. The summed E-state index contributed by atoms with van der Waals surface area (Å²) in [6, 6.07) is 5.76. The monoisotopic (exact) mass is 337 g/mol. The molecule has 0 aliphatic rings. The first-order valence-corrected chi connectivity index (χ1v) is 7.67. The van der Waals surface area contributed by atoms with E-state index in [2.05, 4.69) is 5.32 Å². The number of carbonyl (C=O) groups excluding carboxylic acids is 1. The minimum Gasteiger partial charge on any atom is -0.478 e. The van der Waals surface area contributed by atoms with Crippen LogP contribution in [0.15, 0.2) is 24.3 Å². The van der Waals surface area contributed by atoms with Gasteiger partial charge in [0.25, 0.3) is 5.91 Å². The SMILES string of the molecule is COCCNC(=O)c1c(F)cccc1-c1cc(C(=O)O)c(C)s1. The molecule has 0 bridgehead atoms. The minimum atomic E-state index is -1.05. The van der Waals surface area contributed by atoms with Gasteiger partial charge in [-0.25, -0.2) is 9.18 Å². The number of carboxylic acids is 1. The van der Waals surface area contributed by atoms with E-state index in [0.29, 0.717) is 21.9 Å². The number of hydrogen-bond acceptors (Lipinski definition) is 4. The Balaban J connectivity index is 2.43. The number of carboxylic acid groups (broad SMARTS) is 1. The summed E-state index contributed by atoms with van der Waals surface area (Å²) in [7, 11) is 1.50. The Bertz CT molecular complexity index is 742. The second-order valence-corrected chi connectivity index (χ2v) is 6.05. The number of benzene rings is 1. The molecule has 0 unspecified atom stereocenters. The predicted octanol–water partition coefficient (Wildman–Crippen LogP) is 2.94. The van der Waals surface area contributed by atoms with Crippen LogP contribution in [0.1, 0.15) is 25.6 Å². The fourth-order valence-corrected chi connectivity index (χ4v) is 3.19. The molecule has 2 N–H and O–H groups in total. The van der Waals surface area contributed by atoms with Crippen molar-refractivity contribution in [2.45, 2.75) is 6.92 Å². The summed E-state index contributed by atoms with van der Waals surface area (Å²) in [5, 5.41) is 11.7. The van der Waals surface area contributed by atoms with Crippen LogP contribution in [0.2, 0.25) is 0 Å². The number of thiophene rings is 1. The summed E-state index contributed by atoms with van der Waals surface area (Å²) in [6.45, 7) is 2.25. The summed E-state index contributed by atoms with van der Waals surface area (Å²) in [5.41, 5.74) is 0.433. The standard InChI is InChI=1S/C16H16FNO4S/c1-9-11(16(20)21)8-13(23-9)10-4-3-5-12(17)14(10)15(19)18-6-7-22-2/h3-5,8H,6-7H2,1-2H3,(H,18,19)(H,20,21). The molecule has 1 aromatic heterocycles. The van der Waals surface area contributed by atoms with Crippen molar-refractivity contribution in [3.05, 3.63) is 46.1 Å². The van der Waals surface area contributed by atoms with E-state index in [1.807, 2.05) is 0 Å². The van der Waals surface area contributed by atoms with Gasteiger partial charge in [0.2, 0.25) is 0 Å². The van der Waals surface area contributed by atoms with Crippen molar-refractivity contribution in [2.24, 2.45) is 0 Å².